The van der Waals surface area contributed by atoms with Gasteiger partial charge >= 0.3 is 6.01 Å². The lowest BCUT2D eigenvalue weighted by Gasteiger charge is -2.31. The Labute approximate surface area is 208 Å². The molecule has 3 heterocycles. The molecule has 1 aliphatic carbocycles. The van der Waals surface area contributed by atoms with Crippen molar-refractivity contribution < 1.29 is 9.47 Å². The van der Waals surface area contributed by atoms with Gasteiger partial charge in [0.05, 0.1) is 19.9 Å². The SMILES string of the molecule is COc1nc(OC)c(Cc2ccccc2)c(C2CC=C(c3cccnc3N3CCCCC3)CC2)n1. The number of benzene rings is 1. The highest BCUT2D eigenvalue weighted by Gasteiger charge is 2.27. The average molecular weight is 471 g/mol. The van der Waals surface area contributed by atoms with E-state index in [1.165, 1.54) is 36.0 Å². The number of ether oxygens (including phenoxy) is 2. The van der Waals surface area contributed by atoms with Gasteiger partial charge in [0.15, 0.2) is 0 Å². The predicted molar refractivity (Wildman–Crippen MR) is 139 cm³/mol. The quantitative estimate of drug-likeness (QED) is 0.434. The van der Waals surface area contributed by atoms with Gasteiger partial charge in [0.1, 0.15) is 5.82 Å². The van der Waals surface area contributed by atoms with Gasteiger partial charge < -0.3 is 14.4 Å². The zero-order valence-electron chi connectivity index (χ0n) is 20.7. The monoisotopic (exact) mass is 470 g/mol. The Morgan fingerprint density at radius 1 is 0.943 bits per heavy atom. The van der Waals surface area contributed by atoms with Crippen LogP contribution in [0.2, 0.25) is 0 Å². The summed E-state index contributed by atoms with van der Waals surface area (Å²) in [5.41, 5.74) is 5.99. The molecule has 3 aromatic rings. The zero-order valence-corrected chi connectivity index (χ0v) is 20.7. The fraction of sp³-hybridized carbons (Fsp3) is 0.414. The first-order valence-corrected chi connectivity index (χ1v) is 12.7. The Morgan fingerprint density at radius 2 is 1.77 bits per heavy atom. The Kier molecular flexibility index (Phi) is 7.26. The molecule has 2 aliphatic rings. The Hall–Kier alpha value is -3.41. The summed E-state index contributed by atoms with van der Waals surface area (Å²) in [6.45, 7) is 2.20. The Morgan fingerprint density at radius 3 is 2.49 bits per heavy atom. The van der Waals surface area contributed by atoms with Gasteiger partial charge in [-0.3, -0.25) is 0 Å². The topological polar surface area (TPSA) is 60.4 Å². The van der Waals surface area contributed by atoms with Gasteiger partial charge in [-0.05, 0) is 61.8 Å². The molecule has 0 radical (unpaired) electrons. The van der Waals surface area contributed by atoms with E-state index < -0.39 is 0 Å². The molecule has 1 aromatic carbocycles. The molecule has 5 rings (SSSR count). The van der Waals surface area contributed by atoms with Crippen LogP contribution in [0.4, 0.5) is 5.82 Å². The summed E-state index contributed by atoms with van der Waals surface area (Å²) < 4.78 is 11.1. The summed E-state index contributed by atoms with van der Waals surface area (Å²) >= 11 is 0. The number of hydrogen-bond donors (Lipinski definition) is 0. The van der Waals surface area contributed by atoms with Gasteiger partial charge in [0.25, 0.3) is 0 Å². The summed E-state index contributed by atoms with van der Waals surface area (Å²) in [5, 5.41) is 0. The number of piperidine rings is 1. The van der Waals surface area contributed by atoms with Crippen LogP contribution in [-0.2, 0) is 6.42 Å². The molecule has 0 saturated carbocycles. The number of rotatable bonds is 7. The number of allylic oxidation sites excluding steroid dienone is 2. The van der Waals surface area contributed by atoms with Crippen molar-refractivity contribution in [3.8, 4) is 11.9 Å². The van der Waals surface area contributed by atoms with Crippen LogP contribution in [0.3, 0.4) is 0 Å². The maximum atomic E-state index is 5.70. The molecule has 0 bridgehead atoms. The van der Waals surface area contributed by atoms with Gasteiger partial charge in [-0.2, -0.15) is 9.97 Å². The number of hydrogen-bond acceptors (Lipinski definition) is 6. The van der Waals surface area contributed by atoms with Crippen LogP contribution in [0.15, 0.2) is 54.7 Å². The van der Waals surface area contributed by atoms with Gasteiger partial charge in [-0.1, -0.05) is 36.4 Å². The number of anilines is 1. The van der Waals surface area contributed by atoms with Gasteiger partial charge in [-0.25, -0.2) is 4.98 Å². The lowest BCUT2D eigenvalue weighted by Crippen LogP contribution is -2.31. The van der Waals surface area contributed by atoms with Crippen LogP contribution in [0.5, 0.6) is 11.9 Å². The van der Waals surface area contributed by atoms with Crippen LogP contribution >= 0.6 is 0 Å². The van der Waals surface area contributed by atoms with Crippen molar-refractivity contribution in [2.24, 2.45) is 0 Å². The van der Waals surface area contributed by atoms with E-state index in [0.717, 1.165) is 55.8 Å². The van der Waals surface area contributed by atoms with Gasteiger partial charge in [0, 0.05) is 42.8 Å². The lowest BCUT2D eigenvalue weighted by atomic mass is 9.82. The van der Waals surface area contributed by atoms with Crippen LogP contribution in [0.25, 0.3) is 5.57 Å². The Balaban J connectivity index is 1.44. The smallest absolute Gasteiger partial charge is 0.319 e. The standard InChI is InChI=1S/C29H34N4O2/c1-34-28-25(20-21-10-5-3-6-11-21)26(31-29(32-28)35-2)23-15-13-22(14-16-23)24-12-9-17-30-27(24)33-18-7-4-8-19-33/h3,5-6,9-13,17,23H,4,7-8,14-16,18-20H2,1-2H3. The zero-order chi connectivity index (χ0) is 24.0. The van der Waals surface area contributed by atoms with Crippen LogP contribution < -0.4 is 14.4 Å². The second-order valence-corrected chi connectivity index (χ2v) is 9.37. The van der Waals surface area contributed by atoms with E-state index in [9.17, 15) is 0 Å². The normalized spacial score (nSPS) is 18.2. The first kappa shape index (κ1) is 23.3. The molecule has 1 aliphatic heterocycles. The third-order valence-electron chi connectivity index (χ3n) is 7.17. The molecule has 6 heteroatoms. The second-order valence-electron chi connectivity index (χ2n) is 9.37. The fourth-order valence-corrected chi connectivity index (χ4v) is 5.36. The largest absolute Gasteiger partial charge is 0.481 e. The minimum Gasteiger partial charge on any atom is -0.481 e. The summed E-state index contributed by atoms with van der Waals surface area (Å²) in [4.78, 5) is 16.6. The molecule has 1 saturated heterocycles. The fourth-order valence-electron chi connectivity index (χ4n) is 5.36. The second kappa shape index (κ2) is 10.9. The average Bonchev–Trinajstić information content (AvgIpc) is 2.94. The first-order chi connectivity index (χ1) is 17.3. The number of nitrogens with zero attached hydrogens (tertiary/aromatic N) is 4. The number of pyridine rings is 1. The van der Waals surface area contributed by atoms with E-state index >= 15 is 0 Å². The molecule has 1 fully saturated rings. The van der Waals surface area contributed by atoms with Gasteiger partial charge in [0.2, 0.25) is 5.88 Å². The van der Waals surface area contributed by atoms with Crippen LogP contribution in [-0.4, -0.2) is 42.3 Å². The Bertz CT molecular complexity index is 1170. The molecule has 35 heavy (non-hydrogen) atoms. The summed E-state index contributed by atoms with van der Waals surface area (Å²) in [6.07, 6.45) is 11.8. The van der Waals surface area contributed by atoms with E-state index in [1.807, 2.05) is 12.3 Å². The van der Waals surface area contributed by atoms with Crippen LogP contribution in [0, 0.1) is 0 Å². The number of methoxy groups -OCH3 is 2. The highest BCUT2D eigenvalue weighted by molar-refractivity contribution is 5.75. The van der Waals surface area contributed by atoms with Crippen molar-refractivity contribution in [3.05, 3.63) is 77.1 Å². The van der Waals surface area contributed by atoms with Crippen molar-refractivity contribution in [2.45, 2.75) is 50.9 Å². The van der Waals surface area contributed by atoms with E-state index in [2.05, 4.69) is 52.4 Å². The summed E-state index contributed by atoms with van der Waals surface area (Å²) in [5.74, 6) is 2.04. The summed E-state index contributed by atoms with van der Waals surface area (Å²) in [6, 6.07) is 15.1. The van der Waals surface area contributed by atoms with E-state index in [4.69, 9.17) is 19.4 Å². The molecule has 0 spiro atoms. The highest BCUT2D eigenvalue weighted by Crippen LogP contribution is 2.41. The highest BCUT2D eigenvalue weighted by atomic mass is 16.5. The molecule has 182 valence electrons. The predicted octanol–water partition coefficient (Wildman–Crippen LogP) is 5.82. The maximum absolute atomic E-state index is 5.70. The molecule has 0 N–H and O–H groups in total. The molecule has 6 nitrogen and oxygen atoms in total. The molecule has 1 atom stereocenters. The van der Waals surface area contributed by atoms with Gasteiger partial charge in [-0.15, -0.1) is 0 Å². The molecular weight excluding hydrogens is 436 g/mol. The van der Waals surface area contributed by atoms with Crippen molar-refractivity contribution in [3.63, 3.8) is 0 Å². The lowest BCUT2D eigenvalue weighted by molar-refractivity contribution is 0.344. The minimum absolute atomic E-state index is 0.290. The van der Waals surface area contributed by atoms with Crippen molar-refractivity contribution in [1.29, 1.82) is 0 Å². The summed E-state index contributed by atoms with van der Waals surface area (Å²) in [7, 11) is 3.28. The molecule has 2 aromatic heterocycles. The molecule has 1 unspecified atom stereocenters. The van der Waals surface area contributed by atoms with Crippen LogP contribution in [0.1, 0.15) is 66.8 Å². The van der Waals surface area contributed by atoms with Crippen molar-refractivity contribution >= 4 is 11.4 Å². The third kappa shape index (κ3) is 5.16. The first-order valence-electron chi connectivity index (χ1n) is 12.7. The minimum atomic E-state index is 0.290. The third-order valence-corrected chi connectivity index (χ3v) is 7.17. The van der Waals surface area contributed by atoms with Crippen molar-refractivity contribution in [2.75, 3.05) is 32.2 Å². The maximum Gasteiger partial charge on any atom is 0.319 e. The molecular formula is C29H34N4O2. The van der Waals surface area contributed by atoms with E-state index in [0.29, 0.717) is 17.8 Å². The van der Waals surface area contributed by atoms with E-state index in [-0.39, 0.29) is 0 Å². The number of aromatic nitrogens is 3. The molecule has 0 amide bonds. The van der Waals surface area contributed by atoms with E-state index in [1.54, 1.807) is 14.2 Å². The van der Waals surface area contributed by atoms with Crippen molar-refractivity contribution in [1.82, 2.24) is 15.0 Å².